The molecule has 1 N–H and O–H groups in total. The molecule has 0 fully saturated rings. The van der Waals surface area contributed by atoms with E-state index in [1.54, 1.807) is 0 Å². The predicted octanol–water partition coefficient (Wildman–Crippen LogP) is 1.34. The number of allylic oxidation sites excluding steroid dienone is 1. The molecule has 0 aromatic heterocycles. The summed E-state index contributed by atoms with van der Waals surface area (Å²) in [5, 5.41) is 8.95. The van der Waals surface area contributed by atoms with Gasteiger partial charge in [-0.3, -0.25) is 0 Å². The summed E-state index contributed by atoms with van der Waals surface area (Å²) in [6.07, 6.45) is 7.11. The summed E-state index contributed by atoms with van der Waals surface area (Å²) >= 11 is 0. The van der Waals surface area contributed by atoms with E-state index in [-0.39, 0.29) is 0 Å². The quantitative estimate of drug-likeness (QED) is 0.435. The van der Waals surface area contributed by atoms with E-state index in [2.05, 4.69) is 5.92 Å². The number of aliphatic hydroxyl groups is 1. The number of terminal acetylenes is 1. The van der Waals surface area contributed by atoms with Crippen molar-refractivity contribution in [3.8, 4) is 12.3 Å². The van der Waals surface area contributed by atoms with Crippen molar-refractivity contribution >= 4 is 0 Å². The van der Waals surface area contributed by atoms with Crippen LogP contribution in [-0.4, -0.2) is 11.2 Å². The van der Waals surface area contributed by atoms with E-state index < -0.39 is 6.10 Å². The molecule has 1 unspecified atom stereocenters. The molecule has 9 heavy (non-hydrogen) atoms. The van der Waals surface area contributed by atoms with Crippen LogP contribution >= 0.6 is 0 Å². The topological polar surface area (TPSA) is 20.2 Å². The zero-order chi connectivity index (χ0) is 7.28. The highest BCUT2D eigenvalue weighted by Crippen LogP contribution is 2.00. The molecule has 0 rings (SSSR count). The maximum Gasteiger partial charge on any atom is 0.135 e. The van der Waals surface area contributed by atoms with Gasteiger partial charge in [0.15, 0.2) is 0 Å². The Hall–Kier alpha value is -0.740. The van der Waals surface area contributed by atoms with E-state index in [9.17, 15) is 0 Å². The fourth-order valence-electron chi connectivity index (χ4n) is 0.565. The molecule has 0 radical (unpaired) electrons. The monoisotopic (exact) mass is 124 g/mol. The highest BCUT2D eigenvalue weighted by molar-refractivity contribution is 5.15. The van der Waals surface area contributed by atoms with Crippen LogP contribution in [0.5, 0.6) is 0 Å². The standard InChI is InChI=1S/C8H12O/c1-4-6-7(3)8(9)5-2/h2,6,8-9H,4H2,1,3H3/b7-6-. The molecule has 1 atom stereocenters. The van der Waals surface area contributed by atoms with Gasteiger partial charge >= 0.3 is 0 Å². The first-order valence-corrected chi connectivity index (χ1v) is 3.03. The van der Waals surface area contributed by atoms with E-state index in [1.807, 2.05) is 19.9 Å². The van der Waals surface area contributed by atoms with Crippen LogP contribution < -0.4 is 0 Å². The Bertz CT molecular complexity index is 139. The Morgan fingerprint density at radius 2 is 2.44 bits per heavy atom. The van der Waals surface area contributed by atoms with E-state index in [1.165, 1.54) is 0 Å². The number of aliphatic hydroxyl groups excluding tert-OH is 1. The largest absolute Gasteiger partial charge is 0.376 e. The number of hydrogen-bond acceptors (Lipinski definition) is 1. The minimum absolute atomic E-state index is 0.690. The Balaban J connectivity index is 3.89. The van der Waals surface area contributed by atoms with Gasteiger partial charge in [0, 0.05) is 0 Å². The molecule has 0 aromatic rings. The highest BCUT2D eigenvalue weighted by Gasteiger charge is 1.97. The van der Waals surface area contributed by atoms with Gasteiger partial charge in [-0.25, -0.2) is 0 Å². The molecule has 0 aliphatic carbocycles. The van der Waals surface area contributed by atoms with Crippen LogP contribution in [0.3, 0.4) is 0 Å². The van der Waals surface area contributed by atoms with E-state index in [0.29, 0.717) is 0 Å². The summed E-state index contributed by atoms with van der Waals surface area (Å²) in [5.74, 6) is 2.24. The summed E-state index contributed by atoms with van der Waals surface area (Å²) in [7, 11) is 0. The van der Waals surface area contributed by atoms with Crippen molar-refractivity contribution in [3.05, 3.63) is 11.6 Å². The van der Waals surface area contributed by atoms with Gasteiger partial charge in [0.2, 0.25) is 0 Å². The minimum Gasteiger partial charge on any atom is -0.376 e. The Morgan fingerprint density at radius 3 is 2.78 bits per heavy atom. The smallest absolute Gasteiger partial charge is 0.135 e. The fourth-order valence-corrected chi connectivity index (χ4v) is 0.565. The first kappa shape index (κ1) is 8.26. The predicted molar refractivity (Wildman–Crippen MR) is 38.9 cm³/mol. The molecule has 50 valence electrons. The van der Waals surface area contributed by atoms with Gasteiger partial charge in [-0.15, -0.1) is 6.42 Å². The zero-order valence-electron chi connectivity index (χ0n) is 5.89. The van der Waals surface area contributed by atoms with Crippen molar-refractivity contribution in [1.29, 1.82) is 0 Å². The lowest BCUT2D eigenvalue weighted by Crippen LogP contribution is -2.03. The molecule has 1 nitrogen and oxygen atoms in total. The van der Waals surface area contributed by atoms with Gasteiger partial charge in [-0.2, -0.15) is 0 Å². The Morgan fingerprint density at radius 1 is 1.89 bits per heavy atom. The maximum atomic E-state index is 8.95. The third-order valence-corrected chi connectivity index (χ3v) is 1.12. The molecule has 0 heterocycles. The number of hydrogen-bond donors (Lipinski definition) is 1. The SMILES string of the molecule is C#CC(O)/C(C)=C\CC. The van der Waals surface area contributed by atoms with Crippen molar-refractivity contribution < 1.29 is 5.11 Å². The normalized spacial score (nSPS) is 14.7. The summed E-state index contributed by atoms with van der Waals surface area (Å²) in [6.45, 7) is 3.83. The molecule has 0 amide bonds. The lowest BCUT2D eigenvalue weighted by molar-refractivity contribution is 0.268. The van der Waals surface area contributed by atoms with E-state index >= 15 is 0 Å². The van der Waals surface area contributed by atoms with Crippen LogP contribution in [0.2, 0.25) is 0 Å². The molecule has 0 bridgehead atoms. The molecule has 0 aromatic carbocycles. The van der Waals surface area contributed by atoms with Crippen LogP contribution in [0.15, 0.2) is 11.6 Å². The van der Waals surface area contributed by atoms with Crippen LogP contribution in [0.4, 0.5) is 0 Å². The van der Waals surface area contributed by atoms with Gasteiger partial charge < -0.3 is 5.11 Å². The first-order chi connectivity index (χ1) is 4.22. The second kappa shape index (κ2) is 4.17. The van der Waals surface area contributed by atoms with Crippen LogP contribution in [-0.2, 0) is 0 Å². The summed E-state index contributed by atoms with van der Waals surface area (Å²) in [6, 6.07) is 0. The average molecular weight is 124 g/mol. The van der Waals surface area contributed by atoms with Gasteiger partial charge in [-0.1, -0.05) is 18.9 Å². The Kier molecular flexibility index (Phi) is 3.83. The minimum atomic E-state index is -0.690. The van der Waals surface area contributed by atoms with Crippen molar-refractivity contribution in [2.24, 2.45) is 0 Å². The molecule has 0 saturated heterocycles. The van der Waals surface area contributed by atoms with Crippen LogP contribution in [0, 0.1) is 12.3 Å². The molecule has 0 saturated carbocycles. The van der Waals surface area contributed by atoms with Crippen molar-refractivity contribution in [2.45, 2.75) is 26.4 Å². The van der Waals surface area contributed by atoms with Gasteiger partial charge in [0.25, 0.3) is 0 Å². The van der Waals surface area contributed by atoms with Gasteiger partial charge in [0.05, 0.1) is 0 Å². The van der Waals surface area contributed by atoms with Gasteiger partial charge in [0.1, 0.15) is 6.10 Å². The first-order valence-electron chi connectivity index (χ1n) is 3.03. The van der Waals surface area contributed by atoms with Gasteiger partial charge in [-0.05, 0) is 18.9 Å². The molecular weight excluding hydrogens is 112 g/mol. The zero-order valence-corrected chi connectivity index (χ0v) is 5.89. The Labute approximate surface area is 56.4 Å². The van der Waals surface area contributed by atoms with Crippen molar-refractivity contribution in [3.63, 3.8) is 0 Å². The van der Waals surface area contributed by atoms with E-state index in [4.69, 9.17) is 11.5 Å². The fraction of sp³-hybridized carbons (Fsp3) is 0.500. The lowest BCUT2D eigenvalue weighted by atomic mass is 10.1. The van der Waals surface area contributed by atoms with Crippen LogP contribution in [0.1, 0.15) is 20.3 Å². The molecule has 1 heteroatoms. The van der Waals surface area contributed by atoms with E-state index in [0.717, 1.165) is 12.0 Å². The molecule has 0 spiro atoms. The second-order valence-corrected chi connectivity index (χ2v) is 1.93. The maximum absolute atomic E-state index is 8.95. The summed E-state index contributed by atoms with van der Waals surface area (Å²) < 4.78 is 0. The second-order valence-electron chi connectivity index (χ2n) is 1.93. The third kappa shape index (κ3) is 2.94. The molecule has 0 aliphatic heterocycles. The highest BCUT2D eigenvalue weighted by atomic mass is 16.3. The summed E-state index contributed by atoms with van der Waals surface area (Å²) in [5.41, 5.74) is 0.861. The van der Waals surface area contributed by atoms with Crippen LogP contribution in [0.25, 0.3) is 0 Å². The molecular formula is C8H12O. The molecule has 0 aliphatic rings. The van der Waals surface area contributed by atoms with Crippen molar-refractivity contribution in [1.82, 2.24) is 0 Å². The third-order valence-electron chi connectivity index (χ3n) is 1.12. The lowest BCUT2D eigenvalue weighted by Gasteiger charge is -2.00. The summed E-state index contributed by atoms with van der Waals surface area (Å²) in [4.78, 5) is 0. The van der Waals surface area contributed by atoms with Crippen molar-refractivity contribution in [2.75, 3.05) is 0 Å². The number of rotatable bonds is 2. The average Bonchev–Trinajstić information content (AvgIpc) is 1.87.